The number of halogens is 1. The number of nitrogens with zero attached hydrogens (tertiary/aromatic N) is 3. The van der Waals surface area contributed by atoms with E-state index < -0.39 is 0 Å². The van der Waals surface area contributed by atoms with Crippen molar-refractivity contribution in [3.63, 3.8) is 0 Å². The van der Waals surface area contributed by atoms with Gasteiger partial charge in [0.25, 0.3) is 0 Å². The van der Waals surface area contributed by atoms with Gasteiger partial charge in [-0.3, -0.25) is 4.79 Å². The second-order valence-corrected chi connectivity index (χ2v) is 4.82. The molecule has 0 unspecified atom stereocenters. The number of hydrogen-bond acceptors (Lipinski definition) is 4. The van der Waals surface area contributed by atoms with Gasteiger partial charge in [0.05, 0.1) is 11.0 Å². The van der Waals surface area contributed by atoms with Crippen LogP contribution >= 0.6 is 15.9 Å². The summed E-state index contributed by atoms with van der Waals surface area (Å²) < 4.78 is 0.807. The minimum atomic E-state index is 0.0239. The first-order valence-corrected chi connectivity index (χ1v) is 6.95. The molecule has 0 aliphatic heterocycles. The van der Waals surface area contributed by atoms with Crippen molar-refractivity contribution < 1.29 is 4.79 Å². The van der Waals surface area contributed by atoms with Gasteiger partial charge in [-0.1, -0.05) is 13.8 Å². The van der Waals surface area contributed by atoms with Crippen LogP contribution in [0.5, 0.6) is 0 Å². The summed E-state index contributed by atoms with van der Waals surface area (Å²) in [7, 11) is 0. The molecule has 1 heterocycles. The molecule has 0 spiro atoms. The molecule has 0 aliphatic carbocycles. The Balaban J connectivity index is 2.71. The van der Waals surface area contributed by atoms with E-state index in [1.165, 1.54) is 6.33 Å². The van der Waals surface area contributed by atoms with E-state index in [-0.39, 0.29) is 5.91 Å². The molecular formula is C12H19BrN4O. The molecule has 6 heteroatoms. The highest BCUT2D eigenvalue weighted by molar-refractivity contribution is 9.10. The van der Waals surface area contributed by atoms with Crippen molar-refractivity contribution in [3.8, 4) is 0 Å². The summed E-state index contributed by atoms with van der Waals surface area (Å²) in [5.41, 5.74) is 0. The van der Waals surface area contributed by atoms with Crippen LogP contribution in [-0.2, 0) is 4.79 Å². The number of aromatic nitrogens is 2. The van der Waals surface area contributed by atoms with E-state index in [4.69, 9.17) is 0 Å². The Morgan fingerprint density at radius 3 is 2.83 bits per heavy atom. The average Bonchev–Trinajstić information content (AvgIpc) is 2.36. The SMILES string of the molecule is CCCNC(=O)CN(CCC)c1ncncc1Br. The minimum Gasteiger partial charge on any atom is -0.355 e. The summed E-state index contributed by atoms with van der Waals surface area (Å²) in [6.45, 7) is 5.93. The number of hydrogen-bond donors (Lipinski definition) is 1. The van der Waals surface area contributed by atoms with Gasteiger partial charge in [-0.25, -0.2) is 9.97 Å². The Hall–Kier alpha value is -1.17. The van der Waals surface area contributed by atoms with Crippen LogP contribution in [0, 0.1) is 0 Å². The Morgan fingerprint density at radius 2 is 2.22 bits per heavy atom. The van der Waals surface area contributed by atoms with E-state index >= 15 is 0 Å². The zero-order chi connectivity index (χ0) is 13.4. The van der Waals surface area contributed by atoms with Gasteiger partial charge in [-0.15, -0.1) is 0 Å². The summed E-state index contributed by atoms with van der Waals surface area (Å²) in [5, 5.41) is 2.87. The lowest BCUT2D eigenvalue weighted by Gasteiger charge is -2.23. The lowest BCUT2D eigenvalue weighted by Crippen LogP contribution is -2.38. The van der Waals surface area contributed by atoms with Crippen molar-refractivity contribution in [2.24, 2.45) is 0 Å². The second-order valence-electron chi connectivity index (χ2n) is 3.97. The molecule has 1 rings (SSSR count). The summed E-state index contributed by atoms with van der Waals surface area (Å²) >= 11 is 3.41. The van der Waals surface area contributed by atoms with Crippen molar-refractivity contribution in [1.29, 1.82) is 0 Å². The van der Waals surface area contributed by atoms with Crippen molar-refractivity contribution in [2.75, 3.05) is 24.5 Å². The van der Waals surface area contributed by atoms with E-state index in [2.05, 4.69) is 38.1 Å². The first-order valence-electron chi connectivity index (χ1n) is 6.16. The minimum absolute atomic E-state index is 0.0239. The first-order chi connectivity index (χ1) is 8.69. The van der Waals surface area contributed by atoms with Gasteiger partial charge < -0.3 is 10.2 Å². The maximum absolute atomic E-state index is 11.8. The molecule has 18 heavy (non-hydrogen) atoms. The molecular weight excluding hydrogens is 296 g/mol. The molecule has 0 atom stereocenters. The maximum Gasteiger partial charge on any atom is 0.239 e. The van der Waals surface area contributed by atoms with Gasteiger partial charge in [-0.05, 0) is 28.8 Å². The van der Waals surface area contributed by atoms with E-state index in [9.17, 15) is 4.79 Å². The van der Waals surface area contributed by atoms with Crippen molar-refractivity contribution in [3.05, 3.63) is 17.0 Å². The Kier molecular flexibility index (Phi) is 6.64. The third-order valence-electron chi connectivity index (χ3n) is 2.35. The molecule has 1 N–H and O–H groups in total. The number of carbonyl (C=O) groups is 1. The van der Waals surface area contributed by atoms with Crippen molar-refractivity contribution in [1.82, 2.24) is 15.3 Å². The zero-order valence-corrected chi connectivity index (χ0v) is 12.4. The van der Waals surface area contributed by atoms with Gasteiger partial charge in [0.2, 0.25) is 5.91 Å². The lowest BCUT2D eigenvalue weighted by molar-refractivity contribution is -0.119. The number of rotatable bonds is 7. The predicted octanol–water partition coefficient (Wildman–Crippen LogP) is 1.98. The van der Waals surface area contributed by atoms with Crippen LogP contribution in [0.25, 0.3) is 0 Å². The van der Waals surface area contributed by atoms with Crippen LogP contribution in [0.1, 0.15) is 26.7 Å². The number of anilines is 1. The predicted molar refractivity (Wildman–Crippen MR) is 75.5 cm³/mol. The van der Waals surface area contributed by atoms with Gasteiger partial charge in [-0.2, -0.15) is 0 Å². The smallest absolute Gasteiger partial charge is 0.239 e. The quantitative estimate of drug-likeness (QED) is 0.836. The highest BCUT2D eigenvalue weighted by Gasteiger charge is 2.14. The molecule has 5 nitrogen and oxygen atoms in total. The van der Waals surface area contributed by atoms with E-state index in [0.29, 0.717) is 13.1 Å². The number of nitrogens with one attached hydrogen (secondary N) is 1. The Morgan fingerprint density at radius 1 is 1.44 bits per heavy atom. The monoisotopic (exact) mass is 314 g/mol. The molecule has 0 fully saturated rings. The number of carbonyl (C=O) groups excluding carboxylic acids is 1. The fourth-order valence-electron chi connectivity index (χ4n) is 1.56. The van der Waals surface area contributed by atoms with Crippen molar-refractivity contribution in [2.45, 2.75) is 26.7 Å². The van der Waals surface area contributed by atoms with Crippen LogP contribution in [0.15, 0.2) is 17.0 Å². The van der Waals surface area contributed by atoms with Gasteiger partial charge in [0.15, 0.2) is 0 Å². The summed E-state index contributed by atoms with van der Waals surface area (Å²) in [6, 6.07) is 0. The summed E-state index contributed by atoms with van der Waals surface area (Å²) in [6.07, 6.45) is 5.08. The molecule has 0 bridgehead atoms. The lowest BCUT2D eigenvalue weighted by atomic mass is 10.3. The van der Waals surface area contributed by atoms with Crippen molar-refractivity contribution >= 4 is 27.7 Å². The van der Waals surface area contributed by atoms with Crippen LogP contribution < -0.4 is 10.2 Å². The molecule has 0 aromatic carbocycles. The standard InChI is InChI=1S/C12H19BrN4O/c1-3-5-15-11(18)8-17(6-4-2)12-10(13)7-14-9-16-12/h7,9H,3-6,8H2,1-2H3,(H,15,18). The normalized spacial score (nSPS) is 10.2. The van der Waals surface area contributed by atoms with Crippen LogP contribution in [0.3, 0.4) is 0 Å². The first kappa shape index (κ1) is 14.9. The largest absolute Gasteiger partial charge is 0.355 e. The fraction of sp³-hybridized carbons (Fsp3) is 0.583. The summed E-state index contributed by atoms with van der Waals surface area (Å²) in [5.74, 6) is 0.786. The molecule has 1 amide bonds. The molecule has 100 valence electrons. The molecule has 1 aromatic heterocycles. The third kappa shape index (κ3) is 4.60. The van der Waals surface area contributed by atoms with Crippen LogP contribution in [0.4, 0.5) is 5.82 Å². The number of amides is 1. The van der Waals surface area contributed by atoms with E-state index in [0.717, 1.165) is 29.7 Å². The second kappa shape index (κ2) is 8.02. The van der Waals surface area contributed by atoms with Crippen LogP contribution in [-0.4, -0.2) is 35.5 Å². The summed E-state index contributed by atoms with van der Waals surface area (Å²) in [4.78, 5) is 21.9. The molecule has 0 radical (unpaired) electrons. The maximum atomic E-state index is 11.8. The average molecular weight is 315 g/mol. The third-order valence-corrected chi connectivity index (χ3v) is 2.91. The highest BCUT2D eigenvalue weighted by atomic mass is 79.9. The van der Waals surface area contributed by atoms with E-state index in [1.807, 2.05) is 11.8 Å². The van der Waals surface area contributed by atoms with E-state index in [1.54, 1.807) is 6.20 Å². The van der Waals surface area contributed by atoms with Gasteiger partial charge in [0.1, 0.15) is 12.1 Å². The Bertz CT molecular complexity index is 386. The highest BCUT2D eigenvalue weighted by Crippen LogP contribution is 2.21. The molecule has 0 saturated heterocycles. The van der Waals surface area contributed by atoms with Gasteiger partial charge in [0, 0.05) is 19.3 Å². The fourth-order valence-corrected chi connectivity index (χ4v) is 2.03. The van der Waals surface area contributed by atoms with Crippen LogP contribution in [0.2, 0.25) is 0 Å². The molecule has 1 aromatic rings. The molecule has 0 saturated carbocycles. The Labute approximate surface area is 116 Å². The topological polar surface area (TPSA) is 58.1 Å². The molecule has 0 aliphatic rings. The zero-order valence-electron chi connectivity index (χ0n) is 10.8. The van der Waals surface area contributed by atoms with Gasteiger partial charge >= 0.3 is 0 Å².